The van der Waals surface area contributed by atoms with E-state index in [0.29, 0.717) is 11.0 Å². The van der Waals surface area contributed by atoms with Crippen molar-refractivity contribution in [2.75, 3.05) is 6.54 Å². The van der Waals surface area contributed by atoms with Crippen LogP contribution >= 0.6 is 0 Å². The Kier molecular flexibility index (Phi) is 3.23. The molecule has 5 N–H and O–H groups in total. The molecular formula is C11H12N4O4. The average Bonchev–Trinajstić information content (AvgIpc) is 2.65. The number of aromatic nitrogens is 2. The Labute approximate surface area is 106 Å². The van der Waals surface area contributed by atoms with E-state index in [2.05, 4.69) is 10.3 Å². The lowest BCUT2D eigenvalue weighted by atomic mass is 10.2. The zero-order chi connectivity index (χ0) is 14.0. The van der Waals surface area contributed by atoms with Gasteiger partial charge in [0.2, 0.25) is 0 Å². The van der Waals surface area contributed by atoms with Gasteiger partial charge in [-0.15, -0.1) is 0 Å². The average molecular weight is 264 g/mol. The third-order valence-corrected chi connectivity index (χ3v) is 2.66. The van der Waals surface area contributed by atoms with E-state index < -0.39 is 17.7 Å². The molecule has 2 aromatic rings. The van der Waals surface area contributed by atoms with Crippen molar-refractivity contribution in [1.82, 2.24) is 14.9 Å². The lowest BCUT2D eigenvalue weighted by molar-refractivity contribution is 0.0698. The highest BCUT2D eigenvalue weighted by Crippen LogP contribution is 2.15. The number of hydrogen-bond acceptors (Lipinski definition) is 3. The first kappa shape index (κ1) is 12.7. The Hall–Kier alpha value is -2.77. The topological polar surface area (TPSA) is 130 Å². The van der Waals surface area contributed by atoms with Crippen LogP contribution in [0.4, 0.5) is 4.79 Å². The van der Waals surface area contributed by atoms with Crippen molar-refractivity contribution < 1.29 is 14.7 Å². The number of urea groups is 1. The van der Waals surface area contributed by atoms with Crippen molar-refractivity contribution in [2.45, 2.75) is 6.54 Å². The number of para-hydroxylation sites is 1. The van der Waals surface area contributed by atoms with E-state index in [1.807, 2.05) is 0 Å². The summed E-state index contributed by atoms with van der Waals surface area (Å²) in [6.07, 6.45) is 0. The maximum atomic E-state index is 11.8. The summed E-state index contributed by atoms with van der Waals surface area (Å²) >= 11 is 0. The number of carboxylic acid groups (broad SMARTS) is 1. The molecule has 0 bridgehead atoms. The van der Waals surface area contributed by atoms with Crippen LogP contribution in [0.25, 0.3) is 11.0 Å². The molecule has 0 aliphatic rings. The summed E-state index contributed by atoms with van der Waals surface area (Å²) in [5.41, 5.74) is 5.24. The number of carbonyl (C=O) groups excluding carboxylic acids is 1. The fraction of sp³-hybridized carbons (Fsp3) is 0.182. The molecule has 0 spiro atoms. The molecule has 8 heteroatoms. The number of fused-ring (bicyclic) bond motifs is 1. The number of aromatic amines is 1. The molecule has 2 rings (SSSR count). The van der Waals surface area contributed by atoms with Crippen LogP contribution in [0.5, 0.6) is 0 Å². The summed E-state index contributed by atoms with van der Waals surface area (Å²) in [4.78, 5) is 36.0. The molecule has 100 valence electrons. The predicted octanol–water partition coefficient (Wildman–Crippen LogP) is -0.304. The summed E-state index contributed by atoms with van der Waals surface area (Å²) in [6, 6.07) is 3.87. The number of rotatable bonds is 4. The van der Waals surface area contributed by atoms with E-state index in [1.165, 1.54) is 10.6 Å². The third-order valence-electron chi connectivity index (χ3n) is 2.66. The van der Waals surface area contributed by atoms with Crippen LogP contribution in [0.1, 0.15) is 10.4 Å². The molecule has 0 unspecified atom stereocenters. The van der Waals surface area contributed by atoms with E-state index >= 15 is 0 Å². The van der Waals surface area contributed by atoms with Crippen LogP contribution in [-0.2, 0) is 6.54 Å². The van der Waals surface area contributed by atoms with Crippen molar-refractivity contribution in [3.05, 3.63) is 34.2 Å². The van der Waals surface area contributed by atoms with Crippen LogP contribution < -0.4 is 16.7 Å². The minimum atomic E-state index is -1.12. The first-order chi connectivity index (χ1) is 9.00. The SMILES string of the molecule is NC(=O)NCCn1c(=O)[nH]c2cccc(C(=O)O)c21. The van der Waals surface area contributed by atoms with Gasteiger partial charge in [0.1, 0.15) is 0 Å². The van der Waals surface area contributed by atoms with Crippen molar-refractivity contribution >= 4 is 23.0 Å². The molecule has 0 radical (unpaired) electrons. The molecule has 0 atom stereocenters. The smallest absolute Gasteiger partial charge is 0.337 e. The molecule has 0 saturated carbocycles. The number of hydrogen-bond donors (Lipinski definition) is 4. The van der Waals surface area contributed by atoms with Gasteiger partial charge in [-0.05, 0) is 12.1 Å². The second-order valence-electron chi connectivity index (χ2n) is 3.88. The number of aromatic carboxylic acids is 1. The Morgan fingerprint density at radius 1 is 1.42 bits per heavy atom. The molecule has 0 aliphatic carbocycles. The normalized spacial score (nSPS) is 10.5. The van der Waals surface area contributed by atoms with Gasteiger partial charge in [0.05, 0.1) is 16.6 Å². The Morgan fingerprint density at radius 2 is 2.16 bits per heavy atom. The number of H-pyrrole nitrogens is 1. The van der Waals surface area contributed by atoms with E-state index in [-0.39, 0.29) is 18.7 Å². The number of nitrogens with one attached hydrogen (secondary N) is 2. The van der Waals surface area contributed by atoms with Crippen LogP contribution in [-0.4, -0.2) is 33.2 Å². The number of nitrogens with two attached hydrogens (primary N) is 1. The van der Waals surface area contributed by atoms with E-state index in [4.69, 9.17) is 10.8 Å². The molecule has 1 aromatic heterocycles. The number of imidazole rings is 1. The van der Waals surface area contributed by atoms with E-state index in [1.54, 1.807) is 12.1 Å². The van der Waals surface area contributed by atoms with Gasteiger partial charge in [0.25, 0.3) is 0 Å². The second-order valence-corrected chi connectivity index (χ2v) is 3.88. The minimum absolute atomic E-state index is 0.0231. The Morgan fingerprint density at radius 3 is 2.79 bits per heavy atom. The number of benzene rings is 1. The Bertz CT molecular complexity index is 700. The van der Waals surface area contributed by atoms with Gasteiger partial charge in [0.15, 0.2) is 0 Å². The molecule has 8 nitrogen and oxygen atoms in total. The van der Waals surface area contributed by atoms with Crippen LogP contribution in [0.3, 0.4) is 0 Å². The molecule has 0 aliphatic heterocycles. The number of amides is 2. The first-order valence-corrected chi connectivity index (χ1v) is 5.49. The van der Waals surface area contributed by atoms with Gasteiger partial charge in [-0.1, -0.05) is 6.07 Å². The fourth-order valence-corrected chi connectivity index (χ4v) is 1.90. The maximum Gasteiger partial charge on any atom is 0.337 e. The van der Waals surface area contributed by atoms with Crippen molar-refractivity contribution in [1.29, 1.82) is 0 Å². The van der Waals surface area contributed by atoms with Crippen LogP contribution in [0.2, 0.25) is 0 Å². The first-order valence-electron chi connectivity index (χ1n) is 5.49. The van der Waals surface area contributed by atoms with Gasteiger partial charge < -0.3 is 21.1 Å². The standard InChI is InChI=1S/C11H12N4O4/c12-10(18)13-4-5-15-8-6(9(16)17)2-1-3-7(8)14-11(15)19/h1-3H,4-5H2,(H,14,19)(H,16,17)(H3,12,13,18). The van der Waals surface area contributed by atoms with E-state index in [0.717, 1.165) is 0 Å². The number of carbonyl (C=O) groups is 2. The number of carboxylic acids is 1. The largest absolute Gasteiger partial charge is 0.478 e. The summed E-state index contributed by atoms with van der Waals surface area (Å²) in [5, 5.41) is 11.5. The summed E-state index contributed by atoms with van der Waals surface area (Å²) in [6.45, 7) is 0.266. The zero-order valence-electron chi connectivity index (χ0n) is 9.84. The molecule has 2 amide bonds. The quantitative estimate of drug-likeness (QED) is 0.603. The third kappa shape index (κ3) is 2.41. The van der Waals surface area contributed by atoms with Crippen molar-refractivity contribution in [2.24, 2.45) is 5.73 Å². The second kappa shape index (κ2) is 4.84. The summed E-state index contributed by atoms with van der Waals surface area (Å²) < 4.78 is 1.26. The zero-order valence-corrected chi connectivity index (χ0v) is 9.84. The molecule has 0 saturated heterocycles. The minimum Gasteiger partial charge on any atom is -0.478 e. The van der Waals surface area contributed by atoms with Crippen molar-refractivity contribution in [3.63, 3.8) is 0 Å². The molecule has 1 aromatic carbocycles. The van der Waals surface area contributed by atoms with Gasteiger partial charge in [0, 0.05) is 13.1 Å². The summed E-state index contributed by atoms with van der Waals surface area (Å²) in [7, 11) is 0. The predicted molar refractivity (Wildman–Crippen MR) is 67.1 cm³/mol. The lowest BCUT2D eigenvalue weighted by Crippen LogP contribution is -2.33. The van der Waals surface area contributed by atoms with Crippen molar-refractivity contribution in [3.8, 4) is 0 Å². The van der Waals surface area contributed by atoms with Crippen LogP contribution in [0, 0.1) is 0 Å². The molecule has 19 heavy (non-hydrogen) atoms. The highest BCUT2D eigenvalue weighted by molar-refractivity contribution is 6.01. The van der Waals surface area contributed by atoms with E-state index in [9.17, 15) is 14.4 Å². The van der Waals surface area contributed by atoms with Gasteiger partial charge in [-0.25, -0.2) is 14.4 Å². The highest BCUT2D eigenvalue weighted by Gasteiger charge is 2.15. The molecule has 1 heterocycles. The van der Waals surface area contributed by atoms with Gasteiger partial charge in [-0.3, -0.25) is 4.57 Å². The molecule has 0 fully saturated rings. The number of nitrogens with zero attached hydrogens (tertiary/aromatic N) is 1. The number of primary amides is 1. The van der Waals surface area contributed by atoms with Gasteiger partial charge >= 0.3 is 17.7 Å². The lowest BCUT2D eigenvalue weighted by Gasteiger charge is -2.05. The van der Waals surface area contributed by atoms with Crippen LogP contribution in [0.15, 0.2) is 23.0 Å². The molecular weight excluding hydrogens is 252 g/mol. The fourth-order valence-electron chi connectivity index (χ4n) is 1.90. The van der Waals surface area contributed by atoms with Gasteiger partial charge in [-0.2, -0.15) is 0 Å². The summed E-state index contributed by atoms with van der Waals surface area (Å²) in [5.74, 6) is -1.12. The Balaban J connectivity index is 2.47. The highest BCUT2D eigenvalue weighted by atomic mass is 16.4. The maximum absolute atomic E-state index is 11.8. The monoisotopic (exact) mass is 264 g/mol.